The van der Waals surface area contributed by atoms with E-state index in [1.54, 1.807) is 53.4 Å². The molecule has 0 saturated heterocycles. The lowest BCUT2D eigenvalue weighted by Crippen LogP contribution is -2.30. The normalized spacial score (nSPS) is 10.5. The average Bonchev–Trinajstić information content (AvgIpc) is 2.63. The molecule has 5 heteroatoms. The number of benzene rings is 2. The maximum absolute atomic E-state index is 12.4. The number of carbonyl (C=O) groups excluding carboxylic acids is 2. The SMILES string of the molecule is CCN(CC)C(=O)c1cccc(NC(=O)c2ccc(OC(C)C)cc2)c1. The third-order valence-electron chi connectivity index (χ3n) is 3.91. The van der Waals surface area contributed by atoms with Crippen molar-refractivity contribution in [3.63, 3.8) is 0 Å². The molecule has 0 unspecified atom stereocenters. The number of amides is 2. The van der Waals surface area contributed by atoms with E-state index in [9.17, 15) is 9.59 Å². The second-order valence-corrected chi connectivity index (χ2v) is 6.20. The summed E-state index contributed by atoms with van der Waals surface area (Å²) in [6, 6.07) is 14.0. The van der Waals surface area contributed by atoms with Gasteiger partial charge in [0.15, 0.2) is 0 Å². The van der Waals surface area contributed by atoms with Crippen LogP contribution >= 0.6 is 0 Å². The van der Waals surface area contributed by atoms with Crippen molar-refractivity contribution in [2.75, 3.05) is 18.4 Å². The molecule has 0 aliphatic rings. The van der Waals surface area contributed by atoms with Crippen molar-refractivity contribution in [1.82, 2.24) is 4.90 Å². The van der Waals surface area contributed by atoms with Crippen LogP contribution in [0.1, 0.15) is 48.4 Å². The Kier molecular flexibility index (Phi) is 6.78. The lowest BCUT2D eigenvalue weighted by Gasteiger charge is -2.19. The number of hydrogen-bond acceptors (Lipinski definition) is 3. The Morgan fingerprint density at radius 2 is 1.65 bits per heavy atom. The standard InChI is InChI=1S/C21H26N2O3/c1-5-23(6-2)21(25)17-8-7-9-18(14-17)22-20(24)16-10-12-19(13-11-16)26-15(3)4/h7-15H,5-6H2,1-4H3,(H,22,24). The largest absolute Gasteiger partial charge is 0.491 e. The number of hydrogen-bond donors (Lipinski definition) is 1. The Bertz CT molecular complexity index is 750. The molecule has 2 aromatic carbocycles. The van der Waals surface area contributed by atoms with E-state index in [0.29, 0.717) is 29.9 Å². The first-order valence-electron chi connectivity index (χ1n) is 8.92. The van der Waals surface area contributed by atoms with E-state index in [1.165, 1.54) is 0 Å². The molecule has 0 spiro atoms. The average molecular weight is 354 g/mol. The summed E-state index contributed by atoms with van der Waals surface area (Å²) in [5, 5.41) is 2.84. The molecule has 0 aliphatic carbocycles. The molecule has 138 valence electrons. The first-order chi connectivity index (χ1) is 12.4. The molecular weight excluding hydrogens is 328 g/mol. The molecule has 5 nitrogen and oxygen atoms in total. The summed E-state index contributed by atoms with van der Waals surface area (Å²) in [6.45, 7) is 9.09. The number of anilines is 1. The minimum Gasteiger partial charge on any atom is -0.491 e. The maximum atomic E-state index is 12.4. The highest BCUT2D eigenvalue weighted by molar-refractivity contribution is 6.05. The van der Waals surface area contributed by atoms with Gasteiger partial charge in [-0.3, -0.25) is 9.59 Å². The van der Waals surface area contributed by atoms with Gasteiger partial charge in [-0.05, 0) is 70.2 Å². The Morgan fingerprint density at radius 3 is 2.23 bits per heavy atom. The van der Waals surface area contributed by atoms with Crippen LogP contribution in [0.4, 0.5) is 5.69 Å². The van der Waals surface area contributed by atoms with Gasteiger partial charge in [-0.2, -0.15) is 0 Å². The van der Waals surface area contributed by atoms with Crippen LogP contribution in [0.3, 0.4) is 0 Å². The van der Waals surface area contributed by atoms with Crippen molar-refractivity contribution in [3.05, 3.63) is 59.7 Å². The third kappa shape index (κ3) is 5.09. The Labute approximate surface area is 155 Å². The molecule has 1 N–H and O–H groups in total. The summed E-state index contributed by atoms with van der Waals surface area (Å²) in [4.78, 5) is 26.6. The van der Waals surface area contributed by atoms with Crippen LogP contribution in [-0.4, -0.2) is 35.9 Å². The highest BCUT2D eigenvalue weighted by atomic mass is 16.5. The van der Waals surface area contributed by atoms with Gasteiger partial charge in [0.2, 0.25) is 0 Å². The molecule has 0 fully saturated rings. The lowest BCUT2D eigenvalue weighted by molar-refractivity contribution is 0.0772. The number of nitrogens with one attached hydrogen (secondary N) is 1. The first-order valence-corrected chi connectivity index (χ1v) is 8.92. The minimum absolute atomic E-state index is 0.0405. The number of ether oxygens (including phenoxy) is 1. The summed E-state index contributed by atoms with van der Waals surface area (Å²) in [7, 11) is 0. The number of carbonyl (C=O) groups is 2. The van der Waals surface area contributed by atoms with Crippen LogP contribution < -0.4 is 10.1 Å². The first kappa shape index (κ1) is 19.5. The van der Waals surface area contributed by atoms with E-state index >= 15 is 0 Å². The minimum atomic E-state index is -0.228. The molecule has 0 atom stereocenters. The van der Waals surface area contributed by atoms with Crippen molar-refractivity contribution in [3.8, 4) is 5.75 Å². The summed E-state index contributed by atoms with van der Waals surface area (Å²) in [5.41, 5.74) is 1.68. The van der Waals surface area contributed by atoms with Gasteiger partial charge in [-0.15, -0.1) is 0 Å². The molecule has 0 radical (unpaired) electrons. The monoisotopic (exact) mass is 354 g/mol. The second-order valence-electron chi connectivity index (χ2n) is 6.20. The topological polar surface area (TPSA) is 58.6 Å². The predicted molar refractivity (Wildman–Crippen MR) is 104 cm³/mol. The molecule has 0 saturated carbocycles. The molecule has 0 aliphatic heterocycles. The summed E-state index contributed by atoms with van der Waals surface area (Å²) >= 11 is 0. The fraction of sp³-hybridized carbons (Fsp3) is 0.333. The zero-order valence-corrected chi connectivity index (χ0v) is 15.8. The quantitative estimate of drug-likeness (QED) is 0.810. The smallest absolute Gasteiger partial charge is 0.255 e. The van der Waals surface area contributed by atoms with Crippen molar-refractivity contribution in [1.29, 1.82) is 0 Å². The fourth-order valence-corrected chi connectivity index (χ4v) is 2.58. The molecule has 2 rings (SSSR count). The van der Waals surface area contributed by atoms with Crippen molar-refractivity contribution >= 4 is 17.5 Å². The molecule has 2 aromatic rings. The molecule has 26 heavy (non-hydrogen) atoms. The highest BCUT2D eigenvalue weighted by Crippen LogP contribution is 2.17. The van der Waals surface area contributed by atoms with E-state index in [-0.39, 0.29) is 17.9 Å². The van der Waals surface area contributed by atoms with E-state index < -0.39 is 0 Å². The van der Waals surface area contributed by atoms with Crippen LogP contribution in [0.15, 0.2) is 48.5 Å². The molecule has 0 heterocycles. The van der Waals surface area contributed by atoms with E-state index in [0.717, 1.165) is 5.75 Å². The van der Waals surface area contributed by atoms with Crippen LogP contribution in [0.5, 0.6) is 5.75 Å². The van der Waals surface area contributed by atoms with Crippen molar-refractivity contribution < 1.29 is 14.3 Å². The van der Waals surface area contributed by atoms with Crippen LogP contribution in [-0.2, 0) is 0 Å². The van der Waals surface area contributed by atoms with Crippen molar-refractivity contribution in [2.45, 2.75) is 33.8 Å². The zero-order valence-electron chi connectivity index (χ0n) is 15.8. The number of nitrogens with zero attached hydrogens (tertiary/aromatic N) is 1. The van der Waals surface area contributed by atoms with Gasteiger partial charge in [0.1, 0.15) is 5.75 Å². The van der Waals surface area contributed by atoms with Gasteiger partial charge in [0.25, 0.3) is 11.8 Å². The maximum Gasteiger partial charge on any atom is 0.255 e. The summed E-state index contributed by atoms with van der Waals surface area (Å²) in [6.07, 6.45) is 0.0840. The summed E-state index contributed by atoms with van der Waals surface area (Å²) in [5.74, 6) is 0.457. The predicted octanol–water partition coefficient (Wildman–Crippen LogP) is 4.21. The van der Waals surface area contributed by atoms with E-state index in [1.807, 2.05) is 27.7 Å². The van der Waals surface area contributed by atoms with Crippen LogP contribution in [0.2, 0.25) is 0 Å². The van der Waals surface area contributed by atoms with Crippen LogP contribution in [0, 0.1) is 0 Å². The zero-order chi connectivity index (χ0) is 19.1. The van der Waals surface area contributed by atoms with Gasteiger partial charge in [0, 0.05) is 29.9 Å². The van der Waals surface area contributed by atoms with Crippen LogP contribution in [0.25, 0.3) is 0 Å². The van der Waals surface area contributed by atoms with Gasteiger partial charge in [0.05, 0.1) is 6.10 Å². The number of rotatable bonds is 7. The van der Waals surface area contributed by atoms with Crippen molar-refractivity contribution in [2.24, 2.45) is 0 Å². The fourth-order valence-electron chi connectivity index (χ4n) is 2.58. The summed E-state index contributed by atoms with van der Waals surface area (Å²) < 4.78 is 5.58. The lowest BCUT2D eigenvalue weighted by atomic mass is 10.1. The van der Waals surface area contributed by atoms with E-state index in [4.69, 9.17) is 4.74 Å². The van der Waals surface area contributed by atoms with Gasteiger partial charge < -0.3 is 15.0 Å². The second kappa shape index (κ2) is 9.04. The molecule has 2 amide bonds. The van der Waals surface area contributed by atoms with Gasteiger partial charge in [-0.1, -0.05) is 6.07 Å². The molecule has 0 aromatic heterocycles. The Hall–Kier alpha value is -2.82. The Balaban J connectivity index is 2.09. The molecular formula is C21H26N2O3. The molecule has 0 bridgehead atoms. The van der Waals surface area contributed by atoms with Gasteiger partial charge in [-0.25, -0.2) is 0 Å². The van der Waals surface area contributed by atoms with Gasteiger partial charge >= 0.3 is 0 Å². The Morgan fingerprint density at radius 1 is 1.00 bits per heavy atom. The van der Waals surface area contributed by atoms with E-state index in [2.05, 4.69) is 5.32 Å². The third-order valence-corrected chi connectivity index (χ3v) is 3.91. The highest BCUT2D eigenvalue weighted by Gasteiger charge is 2.13.